The maximum atomic E-state index is 5.92. The second-order valence-corrected chi connectivity index (χ2v) is 7.48. The highest BCUT2D eigenvalue weighted by atomic mass is 31.1. The molecule has 29 heavy (non-hydrogen) atoms. The predicted molar refractivity (Wildman–Crippen MR) is 119 cm³/mol. The number of hydrogen-bond acceptors (Lipinski definition) is 5. The highest BCUT2D eigenvalue weighted by Crippen LogP contribution is 2.38. The molecule has 0 N–H and O–H groups in total. The largest absolute Gasteiger partial charge is 0.493 e. The molecule has 0 saturated carbocycles. The van der Waals surface area contributed by atoms with E-state index in [0.29, 0.717) is 18.1 Å². The SMILES string of the molecule is COc1cccc(COPOc2ccccc2C)c1OPOc1ccccc1C. The summed E-state index contributed by atoms with van der Waals surface area (Å²) in [5.74, 6) is 2.87. The van der Waals surface area contributed by atoms with Gasteiger partial charge < -0.3 is 22.8 Å². The first-order valence-corrected chi connectivity index (χ1v) is 10.7. The van der Waals surface area contributed by atoms with Crippen molar-refractivity contribution in [2.24, 2.45) is 0 Å². The van der Waals surface area contributed by atoms with Gasteiger partial charge in [-0.05, 0) is 43.2 Å². The number of para-hydroxylation sites is 3. The molecule has 0 aliphatic heterocycles. The molecule has 7 heteroatoms. The fraction of sp³-hybridized carbons (Fsp3) is 0.182. The fourth-order valence-corrected chi connectivity index (χ4v) is 3.85. The van der Waals surface area contributed by atoms with Crippen LogP contribution in [0.2, 0.25) is 0 Å². The van der Waals surface area contributed by atoms with E-state index >= 15 is 0 Å². The molecule has 5 nitrogen and oxygen atoms in total. The Kier molecular flexibility index (Phi) is 8.13. The van der Waals surface area contributed by atoms with Gasteiger partial charge in [0, 0.05) is 5.56 Å². The van der Waals surface area contributed by atoms with Gasteiger partial charge in [0.15, 0.2) is 11.5 Å². The molecule has 0 heterocycles. The van der Waals surface area contributed by atoms with Crippen LogP contribution in [-0.2, 0) is 11.1 Å². The molecule has 0 amide bonds. The molecule has 3 aromatic carbocycles. The van der Waals surface area contributed by atoms with Crippen molar-refractivity contribution in [3.05, 3.63) is 83.4 Å². The lowest BCUT2D eigenvalue weighted by atomic mass is 10.2. The first-order valence-electron chi connectivity index (χ1n) is 9.08. The Morgan fingerprint density at radius 1 is 0.655 bits per heavy atom. The number of methoxy groups -OCH3 is 1. The van der Waals surface area contributed by atoms with Crippen LogP contribution in [0.5, 0.6) is 23.0 Å². The molecule has 0 spiro atoms. The van der Waals surface area contributed by atoms with Gasteiger partial charge in [0.05, 0.1) is 13.7 Å². The van der Waals surface area contributed by atoms with Crippen LogP contribution in [0, 0.1) is 13.8 Å². The molecular weight excluding hydrogens is 406 g/mol. The van der Waals surface area contributed by atoms with Gasteiger partial charge in [0.1, 0.15) is 11.5 Å². The summed E-state index contributed by atoms with van der Waals surface area (Å²) in [5.41, 5.74) is 3.00. The van der Waals surface area contributed by atoms with Crippen molar-refractivity contribution in [3.8, 4) is 23.0 Å². The zero-order chi connectivity index (χ0) is 20.5. The summed E-state index contributed by atoms with van der Waals surface area (Å²) in [7, 11) is 1.29. The highest BCUT2D eigenvalue weighted by Gasteiger charge is 2.12. The minimum absolute atomic E-state index is 0.122. The van der Waals surface area contributed by atoms with Crippen LogP contribution < -0.4 is 18.3 Å². The molecule has 0 aliphatic carbocycles. The van der Waals surface area contributed by atoms with Crippen LogP contribution >= 0.6 is 18.1 Å². The van der Waals surface area contributed by atoms with E-state index in [2.05, 4.69) is 0 Å². The van der Waals surface area contributed by atoms with Crippen molar-refractivity contribution in [2.45, 2.75) is 20.5 Å². The standard InChI is InChI=1S/C22H24O5P2/c1-16-9-4-6-12-19(16)25-28-24-15-18-11-8-14-21(23-3)22(18)27-29-26-20-13-7-5-10-17(20)2/h4-14,28-29H,15H2,1-3H3. The normalized spacial score (nSPS) is 11.3. The van der Waals surface area contributed by atoms with Crippen molar-refractivity contribution >= 4 is 18.1 Å². The summed E-state index contributed by atoms with van der Waals surface area (Å²) in [5, 5.41) is 0. The first-order chi connectivity index (χ1) is 14.2. The zero-order valence-electron chi connectivity index (χ0n) is 16.6. The highest BCUT2D eigenvalue weighted by molar-refractivity contribution is 7.27. The molecule has 0 bridgehead atoms. The van der Waals surface area contributed by atoms with Gasteiger partial charge in [-0.25, -0.2) is 0 Å². The van der Waals surface area contributed by atoms with Gasteiger partial charge in [-0.15, -0.1) is 0 Å². The van der Waals surface area contributed by atoms with Crippen LogP contribution in [0.4, 0.5) is 0 Å². The smallest absolute Gasteiger partial charge is 0.275 e. The Morgan fingerprint density at radius 2 is 1.24 bits per heavy atom. The Balaban J connectivity index is 1.58. The number of aryl methyl sites for hydroxylation is 2. The van der Waals surface area contributed by atoms with E-state index in [0.717, 1.165) is 28.2 Å². The van der Waals surface area contributed by atoms with E-state index in [1.807, 2.05) is 80.6 Å². The number of benzene rings is 3. The van der Waals surface area contributed by atoms with Crippen LogP contribution in [0.25, 0.3) is 0 Å². The van der Waals surface area contributed by atoms with E-state index in [1.54, 1.807) is 7.11 Å². The maximum absolute atomic E-state index is 5.92. The molecule has 3 aromatic rings. The lowest BCUT2D eigenvalue weighted by Gasteiger charge is -2.15. The molecule has 152 valence electrons. The molecule has 0 aromatic heterocycles. The number of hydrogen-bond donors (Lipinski definition) is 0. The topological polar surface area (TPSA) is 46.2 Å². The van der Waals surface area contributed by atoms with Crippen LogP contribution in [0.1, 0.15) is 16.7 Å². The minimum atomic E-state index is -0.204. The number of rotatable bonds is 10. The maximum Gasteiger partial charge on any atom is 0.275 e. The number of ether oxygens (including phenoxy) is 1. The Labute approximate surface area is 175 Å². The average Bonchev–Trinajstić information content (AvgIpc) is 2.74. The van der Waals surface area contributed by atoms with E-state index in [4.69, 9.17) is 22.8 Å². The molecular formula is C22H24O5P2. The lowest BCUT2D eigenvalue weighted by Crippen LogP contribution is -1.97. The monoisotopic (exact) mass is 430 g/mol. The van der Waals surface area contributed by atoms with Crippen molar-refractivity contribution in [2.75, 3.05) is 7.11 Å². The Morgan fingerprint density at radius 3 is 1.86 bits per heavy atom. The summed E-state index contributed by atoms with van der Waals surface area (Å²) in [6, 6.07) is 21.4. The molecule has 2 unspecified atom stereocenters. The predicted octanol–water partition coefficient (Wildman–Crippen LogP) is 6.38. The van der Waals surface area contributed by atoms with E-state index < -0.39 is 0 Å². The Hall–Kier alpha value is -2.32. The molecule has 0 fully saturated rings. The first kappa shape index (κ1) is 21.4. The lowest BCUT2D eigenvalue weighted by molar-refractivity contribution is 0.312. The van der Waals surface area contributed by atoms with Crippen molar-refractivity contribution in [1.29, 1.82) is 0 Å². The Bertz CT molecular complexity index is 933. The molecule has 2 atom stereocenters. The van der Waals surface area contributed by atoms with Gasteiger partial charge in [-0.3, -0.25) is 0 Å². The average molecular weight is 430 g/mol. The third-order valence-corrected chi connectivity index (χ3v) is 5.36. The third-order valence-electron chi connectivity index (χ3n) is 4.20. The summed E-state index contributed by atoms with van der Waals surface area (Å²) >= 11 is 0. The third kappa shape index (κ3) is 6.08. The minimum Gasteiger partial charge on any atom is -0.493 e. The van der Waals surface area contributed by atoms with E-state index in [1.165, 1.54) is 0 Å². The van der Waals surface area contributed by atoms with Crippen molar-refractivity contribution in [1.82, 2.24) is 0 Å². The van der Waals surface area contributed by atoms with Gasteiger partial charge in [0.25, 0.3) is 9.03 Å². The molecule has 0 radical (unpaired) electrons. The molecule has 0 aliphatic rings. The summed E-state index contributed by atoms with van der Waals surface area (Å²) in [6.45, 7) is 4.34. The van der Waals surface area contributed by atoms with Gasteiger partial charge in [0.2, 0.25) is 9.03 Å². The van der Waals surface area contributed by atoms with Crippen molar-refractivity contribution < 1.29 is 22.8 Å². The van der Waals surface area contributed by atoms with Gasteiger partial charge in [-0.1, -0.05) is 48.5 Å². The zero-order valence-corrected chi connectivity index (χ0v) is 18.6. The fourth-order valence-electron chi connectivity index (χ4n) is 2.58. The molecule has 0 saturated heterocycles. The summed E-state index contributed by atoms with van der Waals surface area (Å²) in [4.78, 5) is 0. The van der Waals surface area contributed by atoms with Gasteiger partial charge in [-0.2, -0.15) is 0 Å². The van der Waals surface area contributed by atoms with E-state index in [-0.39, 0.29) is 18.1 Å². The quantitative estimate of drug-likeness (QED) is 0.276. The second-order valence-electron chi connectivity index (χ2n) is 6.24. The molecule has 3 rings (SSSR count). The second kappa shape index (κ2) is 11.0. The van der Waals surface area contributed by atoms with Gasteiger partial charge >= 0.3 is 0 Å². The van der Waals surface area contributed by atoms with Crippen LogP contribution in [-0.4, -0.2) is 7.11 Å². The van der Waals surface area contributed by atoms with E-state index in [9.17, 15) is 0 Å². The van der Waals surface area contributed by atoms with Crippen LogP contribution in [0.15, 0.2) is 66.7 Å². The summed E-state index contributed by atoms with van der Waals surface area (Å²) < 4.78 is 28.6. The summed E-state index contributed by atoms with van der Waals surface area (Å²) in [6.07, 6.45) is 0. The van der Waals surface area contributed by atoms with Crippen LogP contribution in [0.3, 0.4) is 0 Å². The van der Waals surface area contributed by atoms with Crippen molar-refractivity contribution in [3.63, 3.8) is 0 Å².